The molecule has 11 nitrogen and oxygen atoms in total. The van der Waals surface area contributed by atoms with Crippen molar-refractivity contribution < 1.29 is 9.59 Å². The second-order valence-electron chi connectivity index (χ2n) is 11.7. The monoisotopic (exact) mass is 572 g/mol. The molecule has 6 N–H and O–H groups in total. The Morgan fingerprint density at radius 1 is 0.950 bits per heavy atom. The van der Waals surface area contributed by atoms with Crippen LogP contribution in [0.4, 0.5) is 10.6 Å². The van der Waals surface area contributed by atoms with Gasteiger partial charge in [-0.05, 0) is 81.7 Å². The second-order valence-corrected chi connectivity index (χ2v) is 11.7. The number of hydrogen-bond donors (Lipinski definition) is 4. The summed E-state index contributed by atoms with van der Waals surface area (Å²) in [5.41, 5.74) is 13.9. The van der Waals surface area contributed by atoms with Crippen LogP contribution in [-0.4, -0.2) is 81.1 Å². The number of halogens is 1. The number of nitrogens with two attached hydrogens (primary N) is 2. The van der Waals surface area contributed by atoms with Crippen LogP contribution >= 0.6 is 12.4 Å². The Kier molecular flexibility index (Phi) is 9.19. The van der Waals surface area contributed by atoms with Gasteiger partial charge in [0, 0.05) is 50.5 Å². The molecule has 1 aromatic heterocycles. The summed E-state index contributed by atoms with van der Waals surface area (Å²) in [4.78, 5) is 45.4. The summed E-state index contributed by atoms with van der Waals surface area (Å²) in [7, 11) is 0. The third-order valence-electron chi connectivity index (χ3n) is 8.09. The molecule has 0 spiro atoms. The van der Waals surface area contributed by atoms with Crippen LogP contribution in [0.15, 0.2) is 35.3 Å². The lowest BCUT2D eigenvalue weighted by molar-refractivity contribution is -0.137. The van der Waals surface area contributed by atoms with Gasteiger partial charge >= 0.3 is 11.7 Å². The topological polar surface area (TPSA) is 152 Å². The minimum absolute atomic E-state index is 0. The molecule has 1 saturated carbocycles. The first-order chi connectivity index (χ1) is 18.6. The van der Waals surface area contributed by atoms with Crippen LogP contribution in [0.5, 0.6) is 0 Å². The van der Waals surface area contributed by atoms with Crippen LogP contribution in [0.25, 0.3) is 5.69 Å². The number of urea groups is 1. The highest BCUT2D eigenvalue weighted by atomic mass is 35.5. The molecule has 12 heteroatoms. The van der Waals surface area contributed by atoms with E-state index in [9.17, 15) is 14.4 Å². The maximum Gasteiger partial charge on any atom is 0.354 e. The minimum Gasteiger partial charge on any atom is -0.338 e. The molecule has 0 bridgehead atoms. The Labute approximate surface area is 241 Å². The molecule has 1 unspecified atom stereocenters. The molecule has 1 atom stereocenters. The summed E-state index contributed by atoms with van der Waals surface area (Å²) in [6.45, 7) is 4.92. The summed E-state index contributed by atoms with van der Waals surface area (Å²) in [6.07, 6.45) is 7.99. The number of anilines is 1. The van der Waals surface area contributed by atoms with Crippen molar-refractivity contribution in [1.29, 1.82) is 0 Å². The summed E-state index contributed by atoms with van der Waals surface area (Å²) < 4.78 is 1.50. The molecule has 0 radical (unpaired) electrons. The molecule has 2 fully saturated rings. The van der Waals surface area contributed by atoms with E-state index < -0.39 is 11.2 Å². The van der Waals surface area contributed by atoms with Crippen molar-refractivity contribution in [3.63, 3.8) is 0 Å². The van der Waals surface area contributed by atoms with Crippen LogP contribution < -0.4 is 27.8 Å². The second kappa shape index (κ2) is 12.3. The number of rotatable bonds is 5. The number of piperazine rings is 1. The average Bonchev–Trinajstić information content (AvgIpc) is 3.30. The third kappa shape index (κ3) is 6.83. The summed E-state index contributed by atoms with van der Waals surface area (Å²) in [5, 5.41) is 6.53. The van der Waals surface area contributed by atoms with Gasteiger partial charge < -0.3 is 26.6 Å². The molecule has 218 valence electrons. The van der Waals surface area contributed by atoms with Crippen molar-refractivity contribution in [2.75, 3.05) is 31.5 Å². The number of aromatic nitrogens is 2. The van der Waals surface area contributed by atoms with E-state index in [1.54, 1.807) is 35.9 Å². The number of benzene rings is 1. The van der Waals surface area contributed by atoms with Crippen LogP contribution in [0.1, 0.15) is 50.7 Å². The van der Waals surface area contributed by atoms with E-state index in [-0.39, 0.29) is 30.2 Å². The first-order valence-corrected chi connectivity index (χ1v) is 13.9. The fourth-order valence-corrected chi connectivity index (χ4v) is 5.87. The molecule has 2 aromatic rings. The van der Waals surface area contributed by atoms with Gasteiger partial charge in [0.2, 0.25) is 5.91 Å². The molecule has 1 aromatic carbocycles. The largest absolute Gasteiger partial charge is 0.354 e. The third-order valence-corrected chi connectivity index (χ3v) is 8.09. The van der Waals surface area contributed by atoms with E-state index in [1.165, 1.54) is 15.7 Å². The summed E-state index contributed by atoms with van der Waals surface area (Å²) >= 11 is 0. The molecule has 1 saturated heterocycles. The number of carbonyl (C=O) groups excluding carboxylic acids is 2. The highest BCUT2D eigenvalue weighted by Gasteiger charge is 2.31. The fraction of sp³-hybridized carbons (Fsp3) is 0.571. The van der Waals surface area contributed by atoms with Crippen LogP contribution in [0.3, 0.4) is 0 Å². The summed E-state index contributed by atoms with van der Waals surface area (Å²) in [5.74, 6) is 0.0565. The highest BCUT2D eigenvalue weighted by molar-refractivity contribution is 5.89. The van der Waals surface area contributed by atoms with Crippen molar-refractivity contribution in [2.45, 2.75) is 76.0 Å². The van der Waals surface area contributed by atoms with E-state index in [4.69, 9.17) is 11.5 Å². The summed E-state index contributed by atoms with van der Waals surface area (Å²) in [6, 6.07) is 8.67. The number of fused-ring (bicyclic) bond motifs is 1. The van der Waals surface area contributed by atoms with E-state index in [0.717, 1.165) is 44.2 Å². The predicted octanol–water partition coefficient (Wildman–Crippen LogP) is 1.39. The molecule has 1 aliphatic heterocycles. The standard InChI is InChI=1S/C28H40N8O3.ClH/c1-28(2,30)25(37)34-11-13-35(14-12-34)26(38)32-24-9-10-36(27(39)33-24)23-8-3-18-15-22(16-19(18)17-23)31-21-6-4-20(29)5-7-21;/h3,8-10,17,20-22,31H,4-7,11-16,29-30H2,1-2H3,(H,32,33,38,39);1H/t20-,21-,22?;. The predicted molar refractivity (Wildman–Crippen MR) is 157 cm³/mol. The molecule has 40 heavy (non-hydrogen) atoms. The molecule has 3 aliphatic rings. The van der Waals surface area contributed by atoms with Gasteiger partial charge in [0.25, 0.3) is 0 Å². The van der Waals surface area contributed by atoms with Crippen molar-refractivity contribution >= 4 is 30.2 Å². The number of nitrogens with zero attached hydrogens (tertiary/aromatic N) is 4. The maximum absolute atomic E-state index is 12.9. The Morgan fingerprint density at radius 3 is 2.25 bits per heavy atom. The SMILES string of the molecule is CC(C)(N)C(=O)N1CCN(C(=O)Nc2ccn(-c3ccc4c(c3)CC(N[C@H]3CC[C@H](N)CC3)C4)c(=O)n2)CC1.Cl. The number of amides is 3. The zero-order chi connectivity index (χ0) is 27.7. The van der Waals surface area contributed by atoms with Crippen molar-refractivity contribution in [1.82, 2.24) is 24.7 Å². The zero-order valence-electron chi connectivity index (χ0n) is 23.3. The zero-order valence-corrected chi connectivity index (χ0v) is 24.1. The van der Waals surface area contributed by atoms with Gasteiger partial charge in [-0.25, -0.2) is 9.59 Å². The average molecular weight is 573 g/mol. The Morgan fingerprint density at radius 2 is 1.60 bits per heavy atom. The van der Waals surface area contributed by atoms with Crippen molar-refractivity contribution in [2.24, 2.45) is 11.5 Å². The number of nitrogens with one attached hydrogen (secondary N) is 2. The van der Waals surface area contributed by atoms with Gasteiger partial charge in [-0.3, -0.25) is 14.7 Å². The Bertz CT molecular complexity index is 1280. The van der Waals surface area contributed by atoms with Gasteiger partial charge in [0.05, 0.1) is 11.2 Å². The maximum atomic E-state index is 12.9. The lowest BCUT2D eigenvalue weighted by Gasteiger charge is -2.37. The van der Waals surface area contributed by atoms with Crippen molar-refractivity contribution in [3.8, 4) is 5.69 Å². The first-order valence-electron chi connectivity index (χ1n) is 13.9. The van der Waals surface area contributed by atoms with E-state index >= 15 is 0 Å². The number of carbonyl (C=O) groups is 2. The Hall–Kier alpha value is -2.99. The lowest BCUT2D eigenvalue weighted by atomic mass is 9.91. The number of hydrogen-bond acceptors (Lipinski definition) is 7. The van der Waals surface area contributed by atoms with Gasteiger partial charge in [0.15, 0.2) is 0 Å². The van der Waals surface area contributed by atoms with E-state index in [1.807, 2.05) is 6.07 Å². The highest BCUT2D eigenvalue weighted by Crippen LogP contribution is 2.27. The molecule has 3 amide bonds. The molecule has 2 aliphatic carbocycles. The van der Waals surface area contributed by atoms with Crippen LogP contribution in [0, 0.1) is 0 Å². The van der Waals surface area contributed by atoms with Gasteiger partial charge in [-0.15, -0.1) is 12.4 Å². The molecule has 5 rings (SSSR count). The van der Waals surface area contributed by atoms with Gasteiger partial charge in [-0.1, -0.05) is 6.07 Å². The molecule has 2 heterocycles. The normalized spacial score (nSPS) is 22.9. The quantitative estimate of drug-likeness (QED) is 0.422. The Balaban J connectivity index is 0.00000370. The van der Waals surface area contributed by atoms with E-state index in [0.29, 0.717) is 44.3 Å². The first kappa shape index (κ1) is 30.0. The van der Waals surface area contributed by atoms with E-state index in [2.05, 4.69) is 27.8 Å². The fourth-order valence-electron chi connectivity index (χ4n) is 5.87. The molecular weight excluding hydrogens is 532 g/mol. The molecular formula is C28H41ClN8O3. The smallest absolute Gasteiger partial charge is 0.338 e. The van der Waals surface area contributed by atoms with Gasteiger partial charge in [0.1, 0.15) is 5.82 Å². The lowest BCUT2D eigenvalue weighted by Crippen LogP contribution is -2.58. The van der Waals surface area contributed by atoms with Crippen LogP contribution in [0.2, 0.25) is 0 Å². The minimum atomic E-state index is -0.945. The van der Waals surface area contributed by atoms with Crippen LogP contribution in [-0.2, 0) is 17.6 Å². The van der Waals surface area contributed by atoms with Gasteiger partial charge in [-0.2, -0.15) is 4.98 Å². The van der Waals surface area contributed by atoms with Crippen molar-refractivity contribution in [3.05, 3.63) is 52.1 Å².